The van der Waals surface area contributed by atoms with Crippen LogP contribution in [-0.4, -0.2) is 73.7 Å². The maximum Gasteiger partial charge on any atom is 0.0209 e. The Morgan fingerprint density at radius 1 is 1.15 bits per heavy atom. The van der Waals surface area contributed by atoms with E-state index in [-0.39, 0.29) is 0 Å². The third-order valence-corrected chi connectivity index (χ3v) is 3.23. The van der Waals surface area contributed by atoms with Crippen molar-refractivity contribution in [2.75, 3.05) is 59.6 Å². The summed E-state index contributed by atoms with van der Waals surface area (Å²) in [6.45, 7) is 6.17. The highest BCUT2D eigenvalue weighted by Gasteiger charge is 2.12. The van der Waals surface area contributed by atoms with E-state index < -0.39 is 0 Å². The molecule has 0 amide bonds. The van der Waals surface area contributed by atoms with Crippen LogP contribution in [0.15, 0.2) is 0 Å². The minimum Gasteiger partial charge on any atom is -0.304 e. The lowest BCUT2D eigenvalue weighted by molar-refractivity contribution is 0.161. The number of piperazine rings is 1. The van der Waals surface area contributed by atoms with Gasteiger partial charge >= 0.3 is 0 Å². The van der Waals surface area contributed by atoms with E-state index in [4.69, 9.17) is 0 Å². The quantitative estimate of drug-likeness (QED) is 0.613. The molecule has 0 unspecified atom stereocenters. The van der Waals surface area contributed by atoms with Gasteiger partial charge < -0.3 is 4.90 Å². The molecule has 13 heavy (non-hydrogen) atoms. The minimum atomic E-state index is 1.22. The van der Waals surface area contributed by atoms with E-state index in [1.54, 1.807) is 0 Å². The molecule has 1 fully saturated rings. The molecule has 1 aliphatic rings. The Hall–Kier alpha value is 0.230. The molecular weight excluding hydrogens is 182 g/mol. The molecule has 1 rings (SSSR count). The van der Waals surface area contributed by atoms with Gasteiger partial charge in [-0.15, -0.1) is 0 Å². The number of nitrogens with zero attached hydrogens (tertiary/aromatic N) is 3. The molecule has 0 atom stereocenters. The lowest BCUT2D eigenvalue weighted by Crippen LogP contribution is -2.45. The molecule has 78 valence electrons. The van der Waals surface area contributed by atoms with E-state index in [0.29, 0.717) is 0 Å². The summed E-state index contributed by atoms with van der Waals surface area (Å²) in [4.78, 5) is 4.95. The highest BCUT2D eigenvalue weighted by atomic mass is 32.2. The Balaban J connectivity index is 2.02. The first-order valence-electron chi connectivity index (χ1n) is 4.89. The molecule has 0 aromatic heterocycles. The number of likely N-dealkylation sites (N-methyl/N-ethyl adjacent to an activating group) is 1. The first-order chi connectivity index (χ1) is 6.18. The average molecular weight is 203 g/mol. The van der Waals surface area contributed by atoms with Crippen LogP contribution in [0.4, 0.5) is 0 Å². The maximum atomic E-state index is 2.55. The monoisotopic (exact) mass is 203 g/mol. The summed E-state index contributed by atoms with van der Waals surface area (Å²) in [6.07, 6.45) is 0. The maximum absolute atomic E-state index is 2.55. The number of hydrogen-bond acceptors (Lipinski definition) is 4. The second-order valence-electron chi connectivity index (χ2n) is 3.79. The van der Waals surface area contributed by atoms with Gasteiger partial charge in [-0.2, -0.15) is 0 Å². The average Bonchev–Trinajstić information content (AvgIpc) is 2.08. The zero-order valence-corrected chi connectivity index (χ0v) is 9.81. The molecule has 0 aromatic rings. The van der Waals surface area contributed by atoms with E-state index in [2.05, 4.69) is 35.2 Å². The van der Waals surface area contributed by atoms with Gasteiger partial charge in [-0.1, -0.05) is 11.9 Å². The smallest absolute Gasteiger partial charge is 0.0209 e. The van der Waals surface area contributed by atoms with Gasteiger partial charge in [0.25, 0.3) is 0 Å². The van der Waals surface area contributed by atoms with Crippen molar-refractivity contribution in [1.29, 1.82) is 0 Å². The lowest BCUT2D eigenvalue weighted by atomic mass is 10.3. The molecule has 4 heteroatoms. The van der Waals surface area contributed by atoms with Crippen LogP contribution in [0.2, 0.25) is 0 Å². The molecule has 1 aliphatic heterocycles. The van der Waals surface area contributed by atoms with Crippen LogP contribution < -0.4 is 0 Å². The van der Waals surface area contributed by atoms with Crippen molar-refractivity contribution in [1.82, 2.24) is 14.1 Å². The highest BCUT2D eigenvalue weighted by molar-refractivity contribution is 7.96. The fourth-order valence-corrected chi connectivity index (χ4v) is 2.13. The van der Waals surface area contributed by atoms with Gasteiger partial charge in [0.15, 0.2) is 0 Å². The van der Waals surface area contributed by atoms with E-state index in [0.717, 1.165) is 0 Å². The van der Waals surface area contributed by atoms with Crippen LogP contribution in [0.5, 0.6) is 0 Å². The first kappa shape index (κ1) is 11.3. The molecule has 0 aliphatic carbocycles. The predicted molar refractivity (Wildman–Crippen MR) is 60.1 cm³/mol. The van der Waals surface area contributed by atoms with E-state index in [1.165, 1.54) is 38.5 Å². The van der Waals surface area contributed by atoms with Gasteiger partial charge in [0, 0.05) is 38.5 Å². The van der Waals surface area contributed by atoms with E-state index in [1.807, 2.05) is 11.9 Å². The molecule has 1 heterocycles. The topological polar surface area (TPSA) is 9.72 Å². The molecule has 0 saturated carbocycles. The normalized spacial score (nSPS) is 21.2. The fraction of sp³-hybridized carbons (Fsp3) is 1.00. The Morgan fingerprint density at radius 2 is 1.77 bits per heavy atom. The van der Waals surface area contributed by atoms with Crippen LogP contribution in [0.25, 0.3) is 0 Å². The summed E-state index contributed by atoms with van der Waals surface area (Å²) in [7, 11) is 6.41. The van der Waals surface area contributed by atoms with Crippen LogP contribution in [0.3, 0.4) is 0 Å². The summed E-state index contributed by atoms with van der Waals surface area (Å²) in [5.74, 6) is 1.22. The van der Waals surface area contributed by atoms with E-state index >= 15 is 0 Å². The molecule has 0 aromatic carbocycles. The Bertz CT molecular complexity index is 133. The fourth-order valence-electron chi connectivity index (χ4n) is 1.42. The third-order valence-electron chi connectivity index (χ3n) is 2.35. The number of rotatable bonds is 4. The van der Waals surface area contributed by atoms with Gasteiger partial charge in [0.1, 0.15) is 0 Å². The number of hydrogen-bond donors (Lipinski definition) is 0. The summed E-state index contributed by atoms with van der Waals surface area (Å²) in [5, 5.41) is 0. The van der Waals surface area contributed by atoms with Crippen molar-refractivity contribution in [2.24, 2.45) is 0 Å². The van der Waals surface area contributed by atoms with Crippen molar-refractivity contribution in [3.63, 3.8) is 0 Å². The molecular formula is C9H21N3S. The summed E-state index contributed by atoms with van der Waals surface area (Å²) in [5.41, 5.74) is 0. The zero-order chi connectivity index (χ0) is 9.68. The zero-order valence-electron chi connectivity index (χ0n) is 8.99. The Morgan fingerprint density at radius 3 is 2.31 bits per heavy atom. The Labute approximate surface area is 86.2 Å². The third kappa shape index (κ3) is 4.86. The SMILES string of the molecule is CN1CCN(CCSN(C)C)CC1. The predicted octanol–water partition coefficient (Wildman–Crippen LogP) is 0.444. The summed E-state index contributed by atoms with van der Waals surface area (Å²) >= 11 is 1.90. The van der Waals surface area contributed by atoms with Crippen molar-refractivity contribution < 1.29 is 0 Å². The molecule has 0 spiro atoms. The van der Waals surface area contributed by atoms with Gasteiger partial charge in [-0.25, -0.2) is 0 Å². The largest absolute Gasteiger partial charge is 0.304 e. The minimum absolute atomic E-state index is 1.22. The van der Waals surface area contributed by atoms with Crippen molar-refractivity contribution in [3.8, 4) is 0 Å². The second-order valence-corrected chi connectivity index (χ2v) is 5.19. The first-order valence-corrected chi connectivity index (χ1v) is 5.84. The van der Waals surface area contributed by atoms with Gasteiger partial charge in [-0.05, 0) is 21.1 Å². The van der Waals surface area contributed by atoms with Crippen LogP contribution in [0, 0.1) is 0 Å². The molecule has 1 saturated heterocycles. The Kier molecular flexibility index (Phi) is 5.09. The second kappa shape index (κ2) is 5.86. The summed E-state index contributed by atoms with van der Waals surface area (Å²) in [6, 6.07) is 0. The van der Waals surface area contributed by atoms with Crippen LogP contribution in [0.1, 0.15) is 0 Å². The standard InChI is InChI=1S/C9H21N3S/c1-10(2)13-9-8-12-6-4-11(3)5-7-12/h4-9H2,1-3H3. The van der Waals surface area contributed by atoms with Gasteiger partial charge in [-0.3, -0.25) is 9.21 Å². The van der Waals surface area contributed by atoms with Gasteiger partial charge in [0.05, 0.1) is 0 Å². The molecule has 0 bridgehead atoms. The van der Waals surface area contributed by atoms with E-state index in [9.17, 15) is 0 Å². The highest BCUT2D eigenvalue weighted by Crippen LogP contribution is 2.05. The van der Waals surface area contributed by atoms with Crippen LogP contribution in [-0.2, 0) is 0 Å². The van der Waals surface area contributed by atoms with Gasteiger partial charge in [0.2, 0.25) is 0 Å². The molecule has 3 nitrogen and oxygen atoms in total. The summed E-state index contributed by atoms with van der Waals surface area (Å²) < 4.78 is 2.18. The van der Waals surface area contributed by atoms with Crippen molar-refractivity contribution in [2.45, 2.75) is 0 Å². The van der Waals surface area contributed by atoms with Crippen molar-refractivity contribution >= 4 is 11.9 Å². The lowest BCUT2D eigenvalue weighted by Gasteiger charge is -2.32. The molecule has 0 N–H and O–H groups in total. The van der Waals surface area contributed by atoms with Crippen molar-refractivity contribution in [3.05, 3.63) is 0 Å². The van der Waals surface area contributed by atoms with Crippen LogP contribution >= 0.6 is 11.9 Å². The molecule has 0 radical (unpaired) electrons.